The Labute approximate surface area is 87.1 Å². The van der Waals surface area contributed by atoms with Crippen molar-refractivity contribution in [2.45, 2.75) is 25.8 Å². The van der Waals surface area contributed by atoms with E-state index in [9.17, 15) is 9.59 Å². The monoisotopic (exact) mass is 209 g/mol. The lowest BCUT2D eigenvalue weighted by Crippen LogP contribution is -2.39. The van der Waals surface area contributed by atoms with Gasteiger partial charge in [-0.25, -0.2) is 4.79 Å². The van der Waals surface area contributed by atoms with Gasteiger partial charge in [-0.15, -0.1) is 0 Å². The molecule has 0 saturated carbocycles. The number of aryl methyl sites for hydroxylation is 1. The maximum Gasteiger partial charge on any atom is 0.328 e. The van der Waals surface area contributed by atoms with Gasteiger partial charge in [0.15, 0.2) is 0 Å². The average Bonchev–Trinajstić information content (AvgIpc) is 2.25. The summed E-state index contributed by atoms with van der Waals surface area (Å²) < 4.78 is 1.63. The van der Waals surface area contributed by atoms with Crippen LogP contribution in [0.15, 0.2) is 15.8 Å². The smallest absolute Gasteiger partial charge is 0.315 e. The summed E-state index contributed by atoms with van der Waals surface area (Å²) in [5.74, 6) is 0. The van der Waals surface area contributed by atoms with E-state index in [1.807, 2.05) is 0 Å². The Hall–Kier alpha value is -1.36. The lowest BCUT2D eigenvalue weighted by atomic mass is 10.1. The summed E-state index contributed by atoms with van der Waals surface area (Å²) in [5.41, 5.74) is -0.0144. The molecule has 1 aliphatic rings. The normalized spacial score (nSPS) is 21.5. The first-order valence-corrected chi connectivity index (χ1v) is 5.21. The van der Waals surface area contributed by atoms with Gasteiger partial charge in [0.2, 0.25) is 0 Å². The van der Waals surface area contributed by atoms with Crippen LogP contribution < -0.4 is 16.6 Å². The number of piperidine rings is 1. The molecule has 15 heavy (non-hydrogen) atoms. The molecule has 1 aromatic rings. The fourth-order valence-corrected chi connectivity index (χ4v) is 1.93. The van der Waals surface area contributed by atoms with Crippen molar-refractivity contribution in [2.24, 2.45) is 0 Å². The minimum atomic E-state index is -0.306. The lowest BCUT2D eigenvalue weighted by molar-refractivity contribution is 0.359. The van der Waals surface area contributed by atoms with Gasteiger partial charge in [0, 0.05) is 18.3 Å². The molecule has 1 aromatic heterocycles. The van der Waals surface area contributed by atoms with Crippen molar-refractivity contribution in [2.75, 3.05) is 13.1 Å². The largest absolute Gasteiger partial charge is 0.328 e. The van der Waals surface area contributed by atoms with E-state index in [2.05, 4.69) is 10.3 Å². The molecule has 1 atom stereocenters. The first kappa shape index (κ1) is 10.2. The molecule has 1 saturated heterocycles. The summed E-state index contributed by atoms with van der Waals surface area (Å²) >= 11 is 0. The van der Waals surface area contributed by atoms with Crippen LogP contribution in [0.25, 0.3) is 0 Å². The van der Waals surface area contributed by atoms with Crippen LogP contribution in [0.1, 0.15) is 24.4 Å². The lowest BCUT2D eigenvalue weighted by Gasteiger charge is -2.24. The molecule has 2 heterocycles. The molecule has 5 heteroatoms. The summed E-state index contributed by atoms with van der Waals surface area (Å²) in [4.78, 5) is 25.1. The van der Waals surface area contributed by atoms with Crippen molar-refractivity contribution in [3.05, 3.63) is 32.6 Å². The Bertz CT molecular complexity index is 454. The molecule has 2 rings (SSSR count). The predicted octanol–water partition coefficient (Wildman–Crippen LogP) is -0.230. The van der Waals surface area contributed by atoms with Gasteiger partial charge in [-0.3, -0.25) is 14.3 Å². The second-order valence-corrected chi connectivity index (χ2v) is 3.98. The molecule has 0 amide bonds. The highest BCUT2D eigenvalue weighted by Crippen LogP contribution is 2.13. The van der Waals surface area contributed by atoms with Crippen LogP contribution in [-0.4, -0.2) is 22.6 Å². The van der Waals surface area contributed by atoms with Crippen molar-refractivity contribution in [1.29, 1.82) is 0 Å². The number of aromatic nitrogens is 2. The van der Waals surface area contributed by atoms with E-state index in [-0.39, 0.29) is 17.3 Å². The predicted molar refractivity (Wildman–Crippen MR) is 57.2 cm³/mol. The van der Waals surface area contributed by atoms with Gasteiger partial charge in [0.25, 0.3) is 5.56 Å². The average molecular weight is 209 g/mol. The van der Waals surface area contributed by atoms with Crippen LogP contribution >= 0.6 is 0 Å². The number of aromatic amines is 1. The number of hydrogen-bond acceptors (Lipinski definition) is 3. The van der Waals surface area contributed by atoms with Gasteiger partial charge < -0.3 is 5.32 Å². The summed E-state index contributed by atoms with van der Waals surface area (Å²) in [5, 5.41) is 3.24. The minimum absolute atomic E-state index is 0.168. The zero-order valence-corrected chi connectivity index (χ0v) is 8.75. The molecule has 0 radical (unpaired) electrons. The Morgan fingerprint density at radius 2 is 2.27 bits per heavy atom. The second-order valence-electron chi connectivity index (χ2n) is 3.98. The van der Waals surface area contributed by atoms with Crippen LogP contribution in [-0.2, 0) is 0 Å². The molecule has 1 aliphatic heterocycles. The van der Waals surface area contributed by atoms with Gasteiger partial charge >= 0.3 is 5.69 Å². The van der Waals surface area contributed by atoms with Crippen LogP contribution in [0.3, 0.4) is 0 Å². The van der Waals surface area contributed by atoms with Crippen molar-refractivity contribution in [3.8, 4) is 0 Å². The Morgan fingerprint density at radius 3 is 2.93 bits per heavy atom. The third-order valence-electron chi connectivity index (χ3n) is 2.81. The Kier molecular flexibility index (Phi) is 2.73. The summed E-state index contributed by atoms with van der Waals surface area (Å²) in [6.45, 7) is 3.52. The summed E-state index contributed by atoms with van der Waals surface area (Å²) in [6, 6.07) is 0.168. The van der Waals surface area contributed by atoms with Crippen LogP contribution in [0.5, 0.6) is 0 Å². The van der Waals surface area contributed by atoms with Crippen LogP contribution in [0.2, 0.25) is 0 Å². The fraction of sp³-hybridized carbons (Fsp3) is 0.600. The van der Waals surface area contributed by atoms with Crippen molar-refractivity contribution in [1.82, 2.24) is 14.9 Å². The number of hydrogen-bond donors (Lipinski definition) is 2. The number of nitrogens with zero attached hydrogens (tertiary/aromatic N) is 1. The maximum absolute atomic E-state index is 11.6. The van der Waals surface area contributed by atoms with E-state index in [4.69, 9.17) is 0 Å². The third kappa shape index (κ3) is 2.02. The Morgan fingerprint density at radius 1 is 1.47 bits per heavy atom. The molecular weight excluding hydrogens is 194 g/mol. The molecule has 1 fully saturated rings. The standard InChI is InChI=1S/C10H15N3O2/c1-7-6-13(10(15)12-9(7)14)8-3-2-4-11-5-8/h6,8,11H,2-5H2,1H3,(H,12,14,15). The van der Waals surface area contributed by atoms with Crippen LogP contribution in [0.4, 0.5) is 0 Å². The zero-order chi connectivity index (χ0) is 10.8. The number of rotatable bonds is 1. The maximum atomic E-state index is 11.6. The SMILES string of the molecule is Cc1cn(C2CCCNC2)c(=O)[nH]c1=O. The molecule has 82 valence electrons. The van der Waals surface area contributed by atoms with Crippen molar-refractivity contribution in [3.63, 3.8) is 0 Å². The van der Waals surface area contributed by atoms with E-state index in [0.717, 1.165) is 25.9 Å². The first-order chi connectivity index (χ1) is 7.18. The molecule has 5 nitrogen and oxygen atoms in total. The second kappa shape index (κ2) is 4.02. The minimum Gasteiger partial charge on any atom is -0.315 e. The van der Waals surface area contributed by atoms with Crippen molar-refractivity contribution < 1.29 is 0 Å². The van der Waals surface area contributed by atoms with Crippen LogP contribution in [0, 0.1) is 6.92 Å². The highest BCUT2D eigenvalue weighted by molar-refractivity contribution is 5.02. The fourth-order valence-electron chi connectivity index (χ4n) is 1.93. The highest BCUT2D eigenvalue weighted by atomic mass is 16.2. The molecular formula is C10H15N3O2. The zero-order valence-electron chi connectivity index (χ0n) is 8.75. The quantitative estimate of drug-likeness (QED) is 0.671. The summed E-state index contributed by atoms with van der Waals surface area (Å²) in [7, 11) is 0. The molecule has 0 spiro atoms. The molecule has 2 N–H and O–H groups in total. The van der Waals surface area contributed by atoms with Gasteiger partial charge in [-0.2, -0.15) is 0 Å². The number of H-pyrrole nitrogens is 1. The van der Waals surface area contributed by atoms with E-state index in [1.165, 1.54) is 0 Å². The van der Waals surface area contributed by atoms with E-state index in [1.54, 1.807) is 17.7 Å². The molecule has 0 aromatic carbocycles. The van der Waals surface area contributed by atoms with Gasteiger partial charge in [-0.05, 0) is 26.3 Å². The van der Waals surface area contributed by atoms with Gasteiger partial charge in [-0.1, -0.05) is 0 Å². The Balaban J connectivity index is 2.39. The van der Waals surface area contributed by atoms with Crippen molar-refractivity contribution >= 4 is 0 Å². The number of nitrogens with one attached hydrogen (secondary N) is 2. The van der Waals surface area contributed by atoms with E-state index < -0.39 is 0 Å². The molecule has 1 unspecified atom stereocenters. The van der Waals surface area contributed by atoms with E-state index >= 15 is 0 Å². The third-order valence-corrected chi connectivity index (χ3v) is 2.81. The molecule has 0 bridgehead atoms. The topological polar surface area (TPSA) is 66.9 Å². The van der Waals surface area contributed by atoms with Gasteiger partial charge in [0.1, 0.15) is 0 Å². The van der Waals surface area contributed by atoms with E-state index in [0.29, 0.717) is 5.56 Å². The van der Waals surface area contributed by atoms with Gasteiger partial charge in [0.05, 0.1) is 6.04 Å². The summed E-state index contributed by atoms with van der Waals surface area (Å²) in [6.07, 6.45) is 3.70. The first-order valence-electron chi connectivity index (χ1n) is 5.21. The molecule has 0 aliphatic carbocycles. The highest BCUT2D eigenvalue weighted by Gasteiger charge is 2.16.